The number of hydrogen-bond donors (Lipinski definition) is 0. The minimum Gasteiger partial charge on any atom is -0.612 e. The van der Waals surface area contributed by atoms with Crippen LogP contribution < -0.4 is 0 Å². The Hall–Kier alpha value is -2.13. The molecule has 0 N–H and O–H groups in total. The molecule has 170 valence electrons. The summed E-state index contributed by atoms with van der Waals surface area (Å²) in [6.45, 7) is 9.08. The Morgan fingerprint density at radius 1 is 1.39 bits per heavy atom. The Kier molecular flexibility index (Phi) is 7.26. The van der Waals surface area contributed by atoms with Gasteiger partial charge in [0.25, 0.3) is 0 Å². The number of hydrogen-bond acceptors (Lipinski definition) is 6. The number of nitrogens with zero attached hydrogens (tertiary/aromatic N) is 3. The summed E-state index contributed by atoms with van der Waals surface area (Å²) in [5.41, 5.74) is -0.00619. The van der Waals surface area contributed by atoms with E-state index >= 15 is 0 Å². The maximum atomic E-state index is 14.1. The Morgan fingerprint density at radius 3 is 2.65 bits per heavy atom. The fourth-order valence-electron chi connectivity index (χ4n) is 3.75. The highest BCUT2D eigenvalue weighted by Crippen LogP contribution is 2.29. The summed E-state index contributed by atoms with van der Waals surface area (Å²) in [5, 5.41) is 3.97. The molecule has 1 saturated heterocycles. The van der Waals surface area contributed by atoms with E-state index in [4.69, 9.17) is 9.26 Å². The highest BCUT2D eigenvalue weighted by atomic mass is 32.2. The van der Waals surface area contributed by atoms with E-state index in [0.717, 1.165) is 12.8 Å². The topological polar surface area (TPSA) is 91.5 Å². The lowest BCUT2D eigenvalue weighted by atomic mass is 9.83. The highest BCUT2D eigenvalue weighted by molar-refractivity contribution is 7.90. The molecule has 0 radical (unpaired) electrons. The van der Waals surface area contributed by atoms with Gasteiger partial charge >= 0.3 is 6.09 Å². The molecule has 1 aromatic heterocycles. The third kappa shape index (κ3) is 6.20. The number of amides is 1. The zero-order valence-electron chi connectivity index (χ0n) is 18.7. The standard InChI is InChI=1S/C22H30FN3O4S/c1-14(15-8-10-26(11-9-15)21(27)29-22(2,3)4)12-19-24-20(25-30-19)16-6-7-18(31(5)28)17(23)13-16/h6-7,13-15H,8-12H2,1-5H3. The maximum Gasteiger partial charge on any atom is 0.410 e. The highest BCUT2D eigenvalue weighted by Gasteiger charge is 2.30. The summed E-state index contributed by atoms with van der Waals surface area (Å²) in [5.74, 6) is 1.01. The molecule has 0 spiro atoms. The lowest BCUT2D eigenvalue weighted by Crippen LogP contribution is -2.42. The van der Waals surface area contributed by atoms with Gasteiger partial charge < -0.3 is 18.7 Å². The van der Waals surface area contributed by atoms with Crippen LogP contribution in [0, 0.1) is 17.7 Å². The number of piperidine rings is 1. The van der Waals surface area contributed by atoms with Crippen LogP contribution in [0.5, 0.6) is 0 Å². The molecule has 1 aromatic carbocycles. The molecule has 1 aliphatic heterocycles. The maximum absolute atomic E-state index is 14.1. The van der Waals surface area contributed by atoms with Gasteiger partial charge in [0.1, 0.15) is 11.9 Å². The predicted molar refractivity (Wildman–Crippen MR) is 115 cm³/mol. The van der Waals surface area contributed by atoms with Crippen LogP contribution in [-0.2, 0) is 22.3 Å². The second-order valence-electron chi connectivity index (χ2n) is 9.10. The third-order valence-corrected chi connectivity index (χ3v) is 6.41. The van der Waals surface area contributed by atoms with Crippen molar-refractivity contribution in [2.45, 2.75) is 57.5 Å². The molecule has 2 aromatic rings. The number of halogens is 1. The van der Waals surface area contributed by atoms with E-state index in [9.17, 15) is 13.7 Å². The summed E-state index contributed by atoms with van der Waals surface area (Å²) < 4.78 is 36.4. The van der Waals surface area contributed by atoms with Crippen molar-refractivity contribution >= 4 is 17.3 Å². The molecule has 1 amide bonds. The minimum atomic E-state index is -1.39. The van der Waals surface area contributed by atoms with Crippen molar-refractivity contribution in [3.05, 3.63) is 29.9 Å². The van der Waals surface area contributed by atoms with Crippen molar-refractivity contribution in [3.63, 3.8) is 0 Å². The second kappa shape index (κ2) is 9.56. The van der Waals surface area contributed by atoms with E-state index in [-0.39, 0.29) is 11.0 Å². The SMILES string of the molecule is CC(Cc1nc(-c2ccc([S+](C)[O-])c(F)c2)no1)C1CCN(C(=O)OC(C)(C)C)CC1. The van der Waals surface area contributed by atoms with Gasteiger partial charge in [-0.1, -0.05) is 12.1 Å². The largest absolute Gasteiger partial charge is 0.612 e. The average molecular weight is 452 g/mol. The van der Waals surface area contributed by atoms with E-state index in [1.807, 2.05) is 20.8 Å². The average Bonchev–Trinajstić information content (AvgIpc) is 3.15. The molecule has 3 rings (SSSR count). The van der Waals surface area contributed by atoms with Gasteiger partial charge in [0, 0.05) is 25.1 Å². The van der Waals surface area contributed by atoms with Crippen LogP contribution >= 0.6 is 0 Å². The first-order valence-corrected chi connectivity index (χ1v) is 12.0. The van der Waals surface area contributed by atoms with Crippen LogP contribution in [0.2, 0.25) is 0 Å². The minimum absolute atomic E-state index is 0.152. The molecule has 0 saturated carbocycles. The molecule has 2 atom stereocenters. The molecule has 7 nitrogen and oxygen atoms in total. The normalized spacial score (nSPS) is 17.5. The molecule has 2 heterocycles. The van der Waals surface area contributed by atoms with E-state index in [2.05, 4.69) is 17.1 Å². The fourth-order valence-corrected chi connectivity index (χ4v) is 4.34. The Balaban J connectivity index is 1.55. The van der Waals surface area contributed by atoms with Gasteiger partial charge in [-0.25, -0.2) is 9.18 Å². The first-order chi connectivity index (χ1) is 14.5. The number of ether oxygens (including phenoxy) is 1. The van der Waals surface area contributed by atoms with Crippen molar-refractivity contribution in [1.29, 1.82) is 0 Å². The van der Waals surface area contributed by atoms with E-state index in [1.165, 1.54) is 18.4 Å². The molecule has 1 aliphatic rings. The molecular formula is C22H30FN3O4S. The molecule has 9 heteroatoms. The molecular weight excluding hydrogens is 421 g/mol. The number of benzene rings is 1. The Labute approximate surface area is 185 Å². The van der Waals surface area contributed by atoms with Crippen molar-refractivity contribution in [1.82, 2.24) is 15.0 Å². The summed E-state index contributed by atoms with van der Waals surface area (Å²) in [7, 11) is 0. The lowest BCUT2D eigenvalue weighted by Gasteiger charge is -2.35. The van der Waals surface area contributed by atoms with Crippen molar-refractivity contribution in [3.8, 4) is 11.4 Å². The number of carbonyl (C=O) groups excluding carboxylic acids is 1. The van der Waals surface area contributed by atoms with Crippen LogP contribution in [0.4, 0.5) is 9.18 Å². The quantitative estimate of drug-likeness (QED) is 0.624. The van der Waals surface area contributed by atoms with Gasteiger partial charge in [0.05, 0.1) is 0 Å². The zero-order valence-corrected chi connectivity index (χ0v) is 19.5. The number of rotatable bonds is 5. The number of carbonyl (C=O) groups is 1. The fraction of sp³-hybridized carbons (Fsp3) is 0.591. The third-order valence-electron chi connectivity index (χ3n) is 5.46. The summed E-state index contributed by atoms with van der Waals surface area (Å²) in [4.78, 5) is 18.6. The first-order valence-electron chi connectivity index (χ1n) is 10.5. The van der Waals surface area contributed by atoms with E-state index < -0.39 is 22.6 Å². The predicted octanol–water partition coefficient (Wildman–Crippen LogP) is 4.44. The molecule has 0 aliphatic carbocycles. The van der Waals surface area contributed by atoms with Crippen molar-refractivity contribution in [2.75, 3.05) is 19.3 Å². The van der Waals surface area contributed by atoms with Gasteiger partial charge in [-0.2, -0.15) is 4.98 Å². The zero-order chi connectivity index (χ0) is 22.8. The van der Waals surface area contributed by atoms with Crippen molar-refractivity contribution < 1.29 is 23.0 Å². The van der Waals surface area contributed by atoms with Crippen molar-refractivity contribution in [2.24, 2.45) is 11.8 Å². The molecule has 1 fully saturated rings. The molecule has 31 heavy (non-hydrogen) atoms. The van der Waals surface area contributed by atoms with Crippen LogP contribution in [-0.4, -0.2) is 50.6 Å². The monoisotopic (exact) mass is 451 g/mol. The van der Waals surface area contributed by atoms with Crippen LogP contribution in [0.15, 0.2) is 27.6 Å². The van der Waals surface area contributed by atoms with Gasteiger partial charge in [-0.3, -0.25) is 0 Å². The Bertz CT molecular complexity index is 904. The van der Waals surface area contributed by atoms with Crippen LogP contribution in [0.1, 0.15) is 46.4 Å². The lowest BCUT2D eigenvalue weighted by molar-refractivity contribution is 0.0161. The van der Waals surface area contributed by atoms with Crippen LogP contribution in [0.25, 0.3) is 11.4 Å². The van der Waals surface area contributed by atoms with Gasteiger partial charge in [-0.15, -0.1) is 0 Å². The van der Waals surface area contributed by atoms with E-state index in [0.29, 0.717) is 48.6 Å². The van der Waals surface area contributed by atoms with Gasteiger partial charge in [-0.05, 0) is 74.8 Å². The van der Waals surface area contributed by atoms with Gasteiger partial charge in [0.15, 0.2) is 10.7 Å². The molecule has 0 bridgehead atoms. The summed E-state index contributed by atoms with van der Waals surface area (Å²) in [6.07, 6.45) is 3.57. The van der Waals surface area contributed by atoms with Gasteiger partial charge in [0.2, 0.25) is 11.7 Å². The first kappa shape index (κ1) is 23.5. The second-order valence-corrected chi connectivity index (χ2v) is 10.4. The summed E-state index contributed by atoms with van der Waals surface area (Å²) in [6, 6.07) is 4.41. The number of aromatic nitrogens is 2. The summed E-state index contributed by atoms with van der Waals surface area (Å²) >= 11 is -1.39. The molecule has 2 unspecified atom stereocenters. The van der Waals surface area contributed by atoms with Crippen LogP contribution in [0.3, 0.4) is 0 Å². The van der Waals surface area contributed by atoms with E-state index in [1.54, 1.807) is 11.0 Å². The number of likely N-dealkylation sites (tertiary alicyclic amines) is 1. The Morgan fingerprint density at radius 2 is 2.06 bits per heavy atom. The smallest absolute Gasteiger partial charge is 0.410 e.